The predicted molar refractivity (Wildman–Crippen MR) is 146 cm³/mol. The van der Waals surface area contributed by atoms with Gasteiger partial charge >= 0.3 is 0 Å². The quantitative estimate of drug-likeness (QED) is 0.416. The van der Waals surface area contributed by atoms with Crippen LogP contribution in [0.15, 0.2) is 54.6 Å². The molecule has 0 bridgehead atoms. The first-order valence-corrected chi connectivity index (χ1v) is 14.8. The van der Waals surface area contributed by atoms with Crippen LogP contribution >= 0.6 is 0 Å². The topological polar surface area (TPSA) is 99.8 Å². The first-order valence-electron chi connectivity index (χ1n) is 13.3. The van der Waals surface area contributed by atoms with Gasteiger partial charge in [0.25, 0.3) is 16.1 Å². The molecule has 1 aliphatic heterocycles. The summed E-state index contributed by atoms with van der Waals surface area (Å²) in [7, 11) is -2.02. The number of nitrogens with one attached hydrogen (secondary N) is 3. The molecule has 1 atom stereocenters. The van der Waals surface area contributed by atoms with E-state index in [1.165, 1.54) is 0 Å². The zero-order chi connectivity index (χ0) is 26.3. The fraction of sp³-hybridized carbons (Fsp3) is 0.536. The van der Waals surface area contributed by atoms with Gasteiger partial charge in [-0.05, 0) is 69.3 Å². The van der Waals surface area contributed by atoms with Crippen molar-refractivity contribution < 1.29 is 17.9 Å². The Bertz CT molecular complexity index is 1130. The summed E-state index contributed by atoms with van der Waals surface area (Å²) in [6, 6.07) is 17.5. The summed E-state index contributed by atoms with van der Waals surface area (Å²) in [5, 5.41) is 3.13. The lowest BCUT2D eigenvalue weighted by Crippen LogP contribution is -2.50. The van der Waals surface area contributed by atoms with Crippen molar-refractivity contribution >= 4 is 16.1 Å². The van der Waals surface area contributed by atoms with E-state index in [0.29, 0.717) is 37.2 Å². The molecule has 1 aliphatic carbocycles. The number of para-hydroxylation sites is 1. The van der Waals surface area contributed by atoms with Crippen LogP contribution in [-0.2, 0) is 15.6 Å². The normalized spacial score (nSPS) is 24.6. The average Bonchev–Trinajstić information content (AvgIpc) is 3.40. The van der Waals surface area contributed by atoms with E-state index >= 15 is 0 Å². The molecule has 4 rings (SSSR count). The number of hydrogen-bond acceptors (Lipinski definition) is 5. The van der Waals surface area contributed by atoms with Gasteiger partial charge in [0.2, 0.25) is 0 Å². The third-order valence-electron chi connectivity index (χ3n) is 8.00. The molecule has 0 spiro atoms. The van der Waals surface area contributed by atoms with Crippen LogP contribution < -0.4 is 19.5 Å². The Morgan fingerprint density at radius 1 is 1.05 bits per heavy atom. The zero-order valence-electron chi connectivity index (χ0n) is 21.9. The highest BCUT2D eigenvalue weighted by Gasteiger charge is 2.38. The summed E-state index contributed by atoms with van der Waals surface area (Å²) in [4.78, 5) is 15.4. The summed E-state index contributed by atoms with van der Waals surface area (Å²) in [6.45, 7) is 5.01. The first kappa shape index (κ1) is 27.6. The number of likely N-dealkylation sites (tertiary alicyclic amines) is 1. The number of amides is 1. The number of benzene rings is 2. The number of hydrogen-bond donors (Lipinski definition) is 3. The number of likely N-dealkylation sites (N-methyl/N-ethyl adjacent to an activating group) is 1. The average molecular weight is 529 g/mol. The van der Waals surface area contributed by atoms with Gasteiger partial charge in [0.1, 0.15) is 5.75 Å². The molecular formula is C28H40N4O4S. The number of carbonyl (C=O) groups is 1. The highest BCUT2D eigenvalue weighted by molar-refractivity contribution is 7.87. The summed E-state index contributed by atoms with van der Waals surface area (Å²) in [5.41, 5.74) is 1.40. The van der Waals surface area contributed by atoms with Crippen LogP contribution in [0.1, 0.15) is 61.4 Å². The molecule has 37 heavy (non-hydrogen) atoms. The minimum absolute atomic E-state index is 0.134. The lowest BCUT2D eigenvalue weighted by Gasteiger charge is -2.41. The molecule has 1 amide bonds. The molecule has 1 heterocycles. The maximum Gasteiger partial charge on any atom is 0.277 e. The highest BCUT2D eigenvalue weighted by atomic mass is 32.2. The van der Waals surface area contributed by atoms with E-state index in [2.05, 4.69) is 38.7 Å². The maximum atomic E-state index is 13.0. The van der Waals surface area contributed by atoms with E-state index in [1.54, 1.807) is 19.2 Å². The molecule has 0 radical (unpaired) electrons. The van der Waals surface area contributed by atoms with Gasteiger partial charge in [0, 0.05) is 30.6 Å². The van der Waals surface area contributed by atoms with Gasteiger partial charge in [0.05, 0.1) is 12.7 Å². The first-order chi connectivity index (χ1) is 17.9. The van der Waals surface area contributed by atoms with Gasteiger partial charge in [-0.2, -0.15) is 13.1 Å². The third kappa shape index (κ3) is 6.90. The molecular weight excluding hydrogens is 488 g/mol. The molecule has 2 aromatic carbocycles. The number of ether oxygens (including phenoxy) is 1. The number of carbonyl (C=O) groups excluding carboxylic acids is 1. The van der Waals surface area contributed by atoms with Gasteiger partial charge in [0.15, 0.2) is 0 Å². The molecule has 0 aromatic heterocycles. The largest absolute Gasteiger partial charge is 0.496 e. The van der Waals surface area contributed by atoms with E-state index in [1.807, 2.05) is 30.3 Å². The summed E-state index contributed by atoms with van der Waals surface area (Å²) < 4.78 is 36.6. The van der Waals surface area contributed by atoms with Crippen LogP contribution in [0.5, 0.6) is 5.75 Å². The number of nitrogens with zero attached hydrogens (tertiary/aromatic N) is 1. The van der Waals surface area contributed by atoms with E-state index in [4.69, 9.17) is 4.74 Å². The fourth-order valence-corrected chi connectivity index (χ4v) is 7.00. The van der Waals surface area contributed by atoms with Gasteiger partial charge in [-0.15, -0.1) is 0 Å². The number of rotatable bonds is 11. The second kappa shape index (κ2) is 12.4. The highest BCUT2D eigenvalue weighted by Crippen LogP contribution is 2.39. The molecule has 1 unspecified atom stereocenters. The Hall–Kier alpha value is -2.46. The molecule has 2 aromatic rings. The lowest BCUT2D eigenvalue weighted by molar-refractivity contribution is 0.0932. The molecule has 1 saturated carbocycles. The molecule has 8 nitrogen and oxygen atoms in total. The van der Waals surface area contributed by atoms with Crippen LogP contribution in [0.4, 0.5) is 0 Å². The van der Waals surface area contributed by atoms with E-state index in [-0.39, 0.29) is 23.4 Å². The molecule has 1 saturated heterocycles. The summed E-state index contributed by atoms with van der Waals surface area (Å²) in [5.74, 6) is 0.367. The van der Waals surface area contributed by atoms with E-state index in [9.17, 15) is 13.2 Å². The summed E-state index contributed by atoms with van der Waals surface area (Å²) in [6.07, 6.45) is 5.08. The van der Waals surface area contributed by atoms with Gasteiger partial charge in [-0.1, -0.05) is 49.4 Å². The third-order valence-corrected chi connectivity index (χ3v) is 9.19. The second-order valence-corrected chi connectivity index (χ2v) is 11.7. The lowest BCUT2D eigenvalue weighted by atomic mass is 9.68. The fourth-order valence-electron chi connectivity index (χ4n) is 5.83. The minimum Gasteiger partial charge on any atom is -0.496 e. The Morgan fingerprint density at radius 2 is 1.76 bits per heavy atom. The molecule has 202 valence electrons. The molecule has 3 N–H and O–H groups in total. The van der Waals surface area contributed by atoms with Crippen molar-refractivity contribution in [1.29, 1.82) is 0 Å². The van der Waals surface area contributed by atoms with Crippen molar-refractivity contribution in [1.82, 2.24) is 19.7 Å². The van der Waals surface area contributed by atoms with Gasteiger partial charge in [-0.3, -0.25) is 9.69 Å². The van der Waals surface area contributed by atoms with Crippen LogP contribution in [0.3, 0.4) is 0 Å². The van der Waals surface area contributed by atoms with E-state index in [0.717, 1.165) is 44.3 Å². The standard InChI is InChI=1S/C28H40N4O4S/c1-3-32-19-9-12-24(32)20-30-37(34,35)31-23-15-17-28(18-16-23,22-10-5-4-6-11-22)21-29-27(33)25-13-7-8-14-26(25)36-2/h4-8,10-11,13-14,23-24,30-31H,3,9,12,15-21H2,1-2H3,(H,29,33). The van der Waals surface area contributed by atoms with Crippen molar-refractivity contribution in [2.24, 2.45) is 0 Å². The van der Waals surface area contributed by atoms with Crippen LogP contribution in [0.2, 0.25) is 0 Å². The Balaban J connectivity index is 1.38. The SMILES string of the molecule is CCN1CCCC1CNS(=O)(=O)NC1CCC(CNC(=O)c2ccccc2OC)(c2ccccc2)CC1. The van der Waals surface area contributed by atoms with Crippen molar-refractivity contribution in [3.8, 4) is 5.75 Å². The second-order valence-electron chi connectivity index (χ2n) is 10.2. The van der Waals surface area contributed by atoms with Crippen molar-refractivity contribution in [2.45, 2.75) is 62.9 Å². The van der Waals surface area contributed by atoms with Gasteiger partial charge in [-0.25, -0.2) is 4.72 Å². The molecule has 9 heteroatoms. The van der Waals surface area contributed by atoms with Crippen LogP contribution in [0.25, 0.3) is 0 Å². The van der Waals surface area contributed by atoms with E-state index < -0.39 is 10.2 Å². The predicted octanol–water partition coefficient (Wildman–Crippen LogP) is 3.21. The Morgan fingerprint density at radius 3 is 2.46 bits per heavy atom. The smallest absolute Gasteiger partial charge is 0.277 e. The molecule has 2 fully saturated rings. The van der Waals surface area contributed by atoms with Crippen LogP contribution in [0, 0.1) is 0 Å². The van der Waals surface area contributed by atoms with Crippen molar-refractivity contribution in [2.75, 3.05) is 33.3 Å². The Kier molecular flexibility index (Phi) is 9.23. The number of methoxy groups -OCH3 is 1. The zero-order valence-corrected chi connectivity index (χ0v) is 22.7. The van der Waals surface area contributed by atoms with Crippen molar-refractivity contribution in [3.05, 3.63) is 65.7 Å². The van der Waals surface area contributed by atoms with Gasteiger partial charge < -0.3 is 10.1 Å². The minimum atomic E-state index is -3.58. The summed E-state index contributed by atoms with van der Waals surface area (Å²) >= 11 is 0. The molecule has 2 aliphatic rings. The van der Waals surface area contributed by atoms with Crippen LogP contribution in [-0.4, -0.2) is 64.6 Å². The monoisotopic (exact) mass is 528 g/mol. The Labute approximate surface area is 221 Å². The van der Waals surface area contributed by atoms with Crippen molar-refractivity contribution in [3.63, 3.8) is 0 Å². The maximum absolute atomic E-state index is 13.0.